The van der Waals surface area contributed by atoms with Crippen LogP contribution in [0.4, 0.5) is 0 Å². The first-order valence-electron chi connectivity index (χ1n) is 30.1. The summed E-state index contributed by atoms with van der Waals surface area (Å²) in [6.45, 7) is 11.4. The zero-order chi connectivity index (χ0) is 41.4. The molecule has 0 radical (unpaired) electrons. The van der Waals surface area contributed by atoms with Gasteiger partial charge in [-0.3, -0.25) is 14.7 Å². The Morgan fingerprint density at radius 3 is 1.17 bits per heavy atom. The van der Waals surface area contributed by atoms with Gasteiger partial charge >= 0.3 is 0 Å². The van der Waals surface area contributed by atoms with E-state index in [0.29, 0.717) is 10.8 Å². The van der Waals surface area contributed by atoms with Crippen LogP contribution in [0.5, 0.6) is 0 Å². The van der Waals surface area contributed by atoms with Crippen LogP contribution in [-0.4, -0.2) is 69.1 Å². The van der Waals surface area contributed by atoms with E-state index in [1.54, 1.807) is 161 Å². The molecule has 16 fully saturated rings. The third-order valence-corrected chi connectivity index (χ3v) is 28.2. The molecule has 16 rings (SSSR count). The van der Waals surface area contributed by atoms with Crippen molar-refractivity contribution in [2.24, 2.45) is 117 Å². The Bertz CT molecular complexity index is 1810. The van der Waals surface area contributed by atoms with Gasteiger partial charge < -0.3 is 0 Å². The van der Waals surface area contributed by atoms with E-state index in [9.17, 15) is 0 Å². The zero-order valence-corrected chi connectivity index (χ0v) is 41.0. The molecule has 3 nitrogen and oxygen atoms in total. The molecular weight excluding hydrogens is 763 g/mol. The van der Waals surface area contributed by atoms with Crippen molar-refractivity contribution in [1.29, 1.82) is 0 Å². The second-order valence-corrected chi connectivity index (χ2v) is 29.7. The number of fused-ring (bicyclic) bond motifs is 22. The Kier molecular flexibility index (Phi) is 8.70. The van der Waals surface area contributed by atoms with Gasteiger partial charge in [0.05, 0.1) is 0 Å². The molecule has 16 aliphatic rings. The molecule has 0 N–H and O–H groups in total. The molecule has 0 aromatic carbocycles. The number of rotatable bonds is 0. The van der Waals surface area contributed by atoms with Crippen LogP contribution in [0.2, 0.25) is 0 Å². The van der Waals surface area contributed by atoms with E-state index >= 15 is 0 Å². The molecule has 12 saturated carbocycles. The maximum atomic E-state index is 3.72. The summed E-state index contributed by atoms with van der Waals surface area (Å²) in [4.78, 5) is 11.1. The second kappa shape index (κ2) is 13.8. The van der Waals surface area contributed by atoms with Gasteiger partial charge in [-0.2, -0.15) is 0 Å². The lowest BCUT2D eigenvalue weighted by molar-refractivity contribution is -0.230. The molecule has 63 heavy (non-hydrogen) atoms. The minimum absolute atomic E-state index is 0.562. The van der Waals surface area contributed by atoms with Gasteiger partial charge in [-0.25, -0.2) is 0 Å². The number of piperazine rings is 2. The Balaban J connectivity index is 0.857. The third kappa shape index (κ3) is 4.99. The van der Waals surface area contributed by atoms with Gasteiger partial charge in [0.15, 0.2) is 0 Å². The first-order chi connectivity index (χ1) is 30.8. The van der Waals surface area contributed by atoms with Crippen LogP contribution in [0.1, 0.15) is 201 Å². The summed E-state index contributed by atoms with van der Waals surface area (Å²) in [6, 6.07) is 8.01. The van der Waals surface area contributed by atoms with Crippen LogP contribution < -0.4 is 0 Å². The largest absolute Gasteiger partial charge is 0.291 e. The fourth-order valence-corrected chi connectivity index (χ4v) is 26.9. The van der Waals surface area contributed by atoms with Crippen LogP contribution in [0, 0.1) is 117 Å². The van der Waals surface area contributed by atoms with E-state index in [1.165, 1.54) is 12.8 Å². The summed E-state index contributed by atoms with van der Waals surface area (Å²) in [6.07, 6.45) is 42.8. The molecule has 27 unspecified atom stereocenters. The van der Waals surface area contributed by atoms with Gasteiger partial charge in [0.25, 0.3) is 0 Å². The standard InChI is InChI=1S/C60H93N3/c1-59(2)44-23-13-11-21-38(44)40-28-42-48(30-46(40)59)61-52-27-34-17-7-10-20-37(34)55-58(52)62(50-25-32-15-5-8-18-35(32)53(42)56(50)61)51-26-33-16-6-9-19-36(33)54-43-29-41-39-22-12-14-24-45(39)60(3,4)47(41)31-49(43)63(55)57(51)54/h32-58H,5-31H2,1-4H3. The molecule has 4 heterocycles. The minimum Gasteiger partial charge on any atom is -0.291 e. The van der Waals surface area contributed by atoms with Crippen molar-refractivity contribution in [3.05, 3.63) is 0 Å². The summed E-state index contributed by atoms with van der Waals surface area (Å²) in [5, 5.41) is 0. The SMILES string of the molecule is CC1(C)C2CCCCC2C2CC3C4C5CCCCC5CC5C4N(C3CC21)C1CC2CCCCC2C2C1N5C1CC3CCCCC3C3C4CC5C6CCCCC6C(C)(C)C5CC4N2C31. The van der Waals surface area contributed by atoms with Gasteiger partial charge in [-0.1, -0.05) is 111 Å². The summed E-state index contributed by atoms with van der Waals surface area (Å²) < 4.78 is 0. The van der Waals surface area contributed by atoms with E-state index < -0.39 is 0 Å². The highest BCUT2D eigenvalue weighted by Gasteiger charge is 2.76. The first kappa shape index (κ1) is 39.7. The van der Waals surface area contributed by atoms with Crippen LogP contribution in [0.25, 0.3) is 0 Å². The highest BCUT2D eigenvalue weighted by Crippen LogP contribution is 2.73. The zero-order valence-electron chi connectivity index (χ0n) is 41.0. The number of hydrogen-bond acceptors (Lipinski definition) is 3. The van der Waals surface area contributed by atoms with Crippen LogP contribution in [-0.2, 0) is 0 Å². The van der Waals surface area contributed by atoms with E-state index in [2.05, 4.69) is 42.4 Å². The third-order valence-electron chi connectivity index (χ3n) is 28.2. The molecule has 12 aliphatic carbocycles. The first-order valence-corrected chi connectivity index (χ1v) is 30.1. The lowest BCUT2D eigenvalue weighted by atomic mass is 9.53. The normalized spacial score (nSPS) is 62.4. The fourth-order valence-electron chi connectivity index (χ4n) is 26.9. The molecule has 0 amide bonds. The predicted octanol–water partition coefficient (Wildman–Crippen LogP) is 13.1. The van der Waals surface area contributed by atoms with Crippen molar-refractivity contribution in [2.45, 2.75) is 255 Å². The quantitative estimate of drug-likeness (QED) is 0.240. The Labute approximate surface area is 385 Å². The van der Waals surface area contributed by atoms with Crippen molar-refractivity contribution in [1.82, 2.24) is 14.7 Å². The van der Waals surface area contributed by atoms with Gasteiger partial charge in [0, 0.05) is 54.4 Å². The maximum absolute atomic E-state index is 3.72. The highest BCUT2D eigenvalue weighted by molar-refractivity contribution is 5.29. The van der Waals surface area contributed by atoms with E-state index in [0.717, 1.165) is 161 Å². The summed E-state index contributed by atoms with van der Waals surface area (Å²) in [5.41, 5.74) is 1.12. The average molecular weight is 856 g/mol. The maximum Gasteiger partial charge on any atom is 0.0417 e. The minimum atomic E-state index is 0.562. The number of nitrogens with zero attached hydrogens (tertiary/aromatic N) is 3. The molecule has 0 bridgehead atoms. The molecule has 0 spiro atoms. The van der Waals surface area contributed by atoms with E-state index in [1.807, 2.05) is 0 Å². The monoisotopic (exact) mass is 856 g/mol. The van der Waals surface area contributed by atoms with E-state index in [-0.39, 0.29) is 0 Å². The summed E-state index contributed by atoms with van der Waals surface area (Å²) in [5.74, 6) is 18.6. The molecule has 0 aromatic heterocycles. The van der Waals surface area contributed by atoms with Gasteiger partial charge in [-0.05, 0) is 207 Å². The van der Waals surface area contributed by atoms with Gasteiger partial charge in [-0.15, -0.1) is 0 Å². The predicted molar refractivity (Wildman–Crippen MR) is 255 cm³/mol. The van der Waals surface area contributed by atoms with Crippen LogP contribution in [0.3, 0.4) is 0 Å². The summed E-state index contributed by atoms with van der Waals surface area (Å²) >= 11 is 0. The van der Waals surface area contributed by atoms with Gasteiger partial charge in [0.2, 0.25) is 0 Å². The van der Waals surface area contributed by atoms with Crippen LogP contribution in [0.15, 0.2) is 0 Å². The molecule has 0 aromatic rings. The van der Waals surface area contributed by atoms with Crippen molar-refractivity contribution in [3.8, 4) is 0 Å². The smallest absolute Gasteiger partial charge is 0.0417 e. The molecule has 3 heteroatoms. The van der Waals surface area contributed by atoms with Crippen molar-refractivity contribution in [2.75, 3.05) is 0 Å². The molecule has 348 valence electrons. The lowest BCUT2D eigenvalue weighted by Gasteiger charge is -2.72. The molecule has 27 atom stereocenters. The lowest BCUT2D eigenvalue weighted by Crippen LogP contribution is -2.84. The van der Waals surface area contributed by atoms with Crippen molar-refractivity contribution in [3.63, 3.8) is 0 Å². The second-order valence-electron chi connectivity index (χ2n) is 29.7. The molecular formula is C60H93N3. The topological polar surface area (TPSA) is 9.72 Å². The fraction of sp³-hybridized carbons (Fsp3) is 1.00. The molecule has 4 saturated heterocycles. The van der Waals surface area contributed by atoms with Crippen molar-refractivity contribution >= 4 is 0 Å². The average Bonchev–Trinajstić information content (AvgIpc) is 3.97. The van der Waals surface area contributed by atoms with Crippen molar-refractivity contribution < 1.29 is 0 Å². The Morgan fingerprint density at radius 2 is 0.651 bits per heavy atom. The highest BCUT2D eigenvalue weighted by atomic mass is 15.5. The summed E-state index contributed by atoms with van der Waals surface area (Å²) in [7, 11) is 0. The van der Waals surface area contributed by atoms with E-state index in [4.69, 9.17) is 0 Å². The van der Waals surface area contributed by atoms with Gasteiger partial charge in [0.1, 0.15) is 0 Å². The van der Waals surface area contributed by atoms with Crippen LogP contribution >= 0.6 is 0 Å². The Hall–Kier alpha value is -0.120. The molecule has 4 aliphatic heterocycles. The Morgan fingerprint density at radius 1 is 0.270 bits per heavy atom. The number of hydrogen-bond donors (Lipinski definition) is 0.